The van der Waals surface area contributed by atoms with Crippen LogP contribution in [0, 0.1) is 0 Å². The van der Waals surface area contributed by atoms with Crippen molar-refractivity contribution >= 4 is 39.3 Å². The van der Waals surface area contributed by atoms with Crippen LogP contribution in [0.5, 0.6) is 0 Å². The molecular weight excluding hydrogens is 534 g/mol. The Balaban J connectivity index is 1.25. The molecule has 1 atom stereocenters. The van der Waals surface area contributed by atoms with Gasteiger partial charge in [-0.25, -0.2) is 4.99 Å². The van der Waals surface area contributed by atoms with Gasteiger partial charge >= 0.3 is 0 Å². The van der Waals surface area contributed by atoms with Gasteiger partial charge in [0.25, 0.3) is 0 Å². The predicted octanol–water partition coefficient (Wildman–Crippen LogP) is 9.62. The number of amidine groups is 2. The molecule has 0 aromatic heterocycles. The predicted molar refractivity (Wildman–Crippen MR) is 187 cm³/mol. The van der Waals surface area contributed by atoms with Crippen LogP contribution in [0.2, 0.25) is 0 Å². The number of aliphatic imine (C=N–C) groups is 2. The summed E-state index contributed by atoms with van der Waals surface area (Å²) in [5.74, 6) is 1.12. The largest absolute Gasteiger partial charge is 0.383 e. The second kappa shape index (κ2) is 12.1. The van der Waals surface area contributed by atoms with Crippen molar-refractivity contribution in [2.75, 3.05) is 0 Å². The lowest BCUT2D eigenvalue weighted by Gasteiger charge is -2.21. The van der Waals surface area contributed by atoms with Crippen LogP contribution in [0.15, 0.2) is 149 Å². The fourth-order valence-corrected chi connectivity index (χ4v) is 6.18. The summed E-state index contributed by atoms with van der Waals surface area (Å²) >= 11 is 0. The first-order valence-corrected chi connectivity index (χ1v) is 15.4. The topological polar surface area (TPSA) is 50.7 Å². The Hall–Kier alpha value is -5.28. The number of benzene rings is 6. The Labute approximate surface area is 259 Å². The van der Waals surface area contributed by atoms with Crippen molar-refractivity contribution < 1.29 is 0 Å². The van der Waals surface area contributed by atoms with E-state index in [9.17, 15) is 0 Å². The molecule has 3 heteroatoms. The molecule has 0 saturated carbocycles. The van der Waals surface area contributed by atoms with E-state index in [1.165, 1.54) is 38.4 Å². The monoisotopic (exact) mass is 569 g/mol. The average molecular weight is 570 g/mol. The van der Waals surface area contributed by atoms with E-state index in [4.69, 9.17) is 15.7 Å². The zero-order valence-electron chi connectivity index (χ0n) is 24.9. The molecule has 0 fully saturated rings. The molecule has 6 aromatic rings. The second-order valence-electron chi connectivity index (χ2n) is 11.5. The number of hydrogen-bond donors (Lipinski definition) is 1. The quantitative estimate of drug-likeness (QED) is 0.158. The molecule has 1 unspecified atom stereocenters. The Bertz CT molecular complexity index is 2060. The highest BCUT2D eigenvalue weighted by Crippen LogP contribution is 2.29. The normalized spacial score (nSPS) is 14.3. The molecule has 6 aromatic carbocycles. The third-order valence-electron chi connectivity index (χ3n) is 8.67. The minimum atomic E-state index is 0.0247. The lowest BCUT2D eigenvalue weighted by atomic mass is 9.88. The molecule has 0 bridgehead atoms. The van der Waals surface area contributed by atoms with E-state index >= 15 is 0 Å². The van der Waals surface area contributed by atoms with E-state index in [-0.39, 0.29) is 6.04 Å². The first-order chi connectivity index (χ1) is 21.6. The van der Waals surface area contributed by atoms with Gasteiger partial charge in [0.1, 0.15) is 5.84 Å². The van der Waals surface area contributed by atoms with Crippen molar-refractivity contribution in [3.8, 4) is 11.1 Å². The highest BCUT2D eigenvalue weighted by molar-refractivity contribution is 6.12. The number of rotatable bonds is 6. The van der Waals surface area contributed by atoms with Crippen LogP contribution in [0.4, 0.5) is 0 Å². The average Bonchev–Trinajstić information content (AvgIpc) is 3.09. The molecule has 3 nitrogen and oxygen atoms in total. The lowest BCUT2D eigenvalue weighted by Crippen LogP contribution is -2.19. The summed E-state index contributed by atoms with van der Waals surface area (Å²) in [5, 5.41) is 4.82. The van der Waals surface area contributed by atoms with Crippen molar-refractivity contribution in [1.29, 1.82) is 0 Å². The van der Waals surface area contributed by atoms with Crippen molar-refractivity contribution in [2.45, 2.75) is 32.2 Å². The van der Waals surface area contributed by atoms with Crippen LogP contribution >= 0.6 is 0 Å². The Morgan fingerprint density at radius 3 is 2.00 bits per heavy atom. The van der Waals surface area contributed by atoms with Crippen LogP contribution in [-0.4, -0.2) is 17.7 Å². The van der Waals surface area contributed by atoms with Gasteiger partial charge in [0.2, 0.25) is 0 Å². The maximum absolute atomic E-state index is 6.72. The van der Waals surface area contributed by atoms with E-state index in [0.717, 1.165) is 41.3 Å². The van der Waals surface area contributed by atoms with Gasteiger partial charge in [0, 0.05) is 11.1 Å². The van der Waals surface area contributed by atoms with Gasteiger partial charge in [0.05, 0.1) is 6.04 Å². The Morgan fingerprint density at radius 1 is 0.636 bits per heavy atom. The van der Waals surface area contributed by atoms with Crippen molar-refractivity contribution in [3.63, 3.8) is 0 Å². The van der Waals surface area contributed by atoms with E-state index in [1.54, 1.807) is 0 Å². The summed E-state index contributed by atoms with van der Waals surface area (Å²) in [6.07, 6.45) is 5.25. The van der Waals surface area contributed by atoms with Crippen molar-refractivity contribution in [3.05, 3.63) is 161 Å². The molecule has 1 aliphatic rings. The van der Waals surface area contributed by atoms with Gasteiger partial charge in [-0.3, -0.25) is 4.99 Å². The third kappa shape index (κ3) is 5.69. The molecule has 0 aliphatic heterocycles. The van der Waals surface area contributed by atoms with E-state index in [1.807, 2.05) is 0 Å². The summed E-state index contributed by atoms with van der Waals surface area (Å²) in [5.41, 5.74) is 14.9. The molecule has 7 rings (SSSR count). The van der Waals surface area contributed by atoms with E-state index in [2.05, 4.69) is 146 Å². The highest BCUT2D eigenvalue weighted by Gasteiger charge is 2.18. The standard InChI is InChI=1S/C41H35N3/c1-2-39(37-23-18-29-10-4-7-13-34(29)26-37)43-41(38-24-19-30-11-5-8-14-35(30)27-38)44-40(42)32-20-15-31(16-21-32)36-22-17-28-9-3-6-12-33(28)25-36/h3-17,19-22,24-27,39H,2,18,23H2,1H3,(H2,42,43,44). The minimum Gasteiger partial charge on any atom is -0.383 e. The highest BCUT2D eigenvalue weighted by atomic mass is 15.0. The third-order valence-corrected chi connectivity index (χ3v) is 8.67. The molecule has 44 heavy (non-hydrogen) atoms. The van der Waals surface area contributed by atoms with Gasteiger partial charge < -0.3 is 5.73 Å². The van der Waals surface area contributed by atoms with Crippen LogP contribution in [0.3, 0.4) is 0 Å². The molecule has 214 valence electrons. The zero-order valence-corrected chi connectivity index (χ0v) is 24.9. The Kier molecular flexibility index (Phi) is 7.60. The van der Waals surface area contributed by atoms with Gasteiger partial charge in [0.15, 0.2) is 5.84 Å². The zero-order chi connectivity index (χ0) is 29.9. The second-order valence-corrected chi connectivity index (χ2v) is 11.5. The summed E-state index contributed by atoms with van der Waals surface area (Å²) in [7, 11) is 0. The maximum Gasteiger partial charge on any atom is 0.157 e. The Morgan fingerprint density at radius 2 is 1.25 bits per heavy atom. The maximum atomic E-state index is 6.72. The van der Waals surface area contributed by atoms with Gasteiger partial charge in [-0.15, -0.1) is 0 Å². The van der Waals surface area contributed by atoms with Crippen molar-refractivity contribution in [2.24, 2.45) is 15.7 Å². The van der Waals surface area contributed by atoms with Crippen molar-refractivity contribution in [1.82, 2.24) is 0 Å². The minimum absolute atomic E-state index is 0.0247. The number of aryl methyl sites for hydroxylation is 1. The number of nitrogens with zero attached hydrogens (tertiary/aromatic N) is 2. The fourth-order valence-electron chi connectivity index (χ4n) is 6.18. The molecule has 2 N–H and O–H groups in total. The van der Waals surface area contributed by atoms with Crippen LogP contribution in [0.1, 0.15) is 42.0 Å². The SMILES string of the molecule is CCC(/N=C(\N=C(/N)c1ccc(-c2ccc3ccccc3c2)cc1)c1ccc2ccccc2c1)C1=Cc2ccccc2CC1. The smallest absolute Gasteiger partial charge is 0.157 e. The molecular formula is C41H35N3. The number of nitrogens with two attached hydrogens (primary N) is 1. The van der Waals surface area contributed by atoms with Gasteiger partial charge in [-0.1, -0.05) is 134 Å². The van der Waals surface area contributed by atoms with Crippen LogP contribution in [0.25, 0.3) is 38.7 Å². The lowest BCUT2D eigenvalue weighted by molar-refractivity contribution is 0.699. The summed E-state index contributed by atoms with van der Waals surface area (Å²) in [6, 6.07) is 46.9. The van der Waals surface area contributed by atoms with Gasteiger partial charge in [-0.05, 0) is 80.8 Å². The molecule has 0 saturated heterocycles. The summed E-state index contributed by atoms with van der Waals surface area (Å²) in [6.45, 7) is 2.20. The molecule has 0 amide bonds. The van der Waals surface area contributed by atoms with E-state index in [0.29, 0.717) is 11.7 Å². The first-order valence-electron chi connectivity index (χ1n) is 15.4. The van der Waals surface area contributed by atoms with E-state index < -0.39 is 0 Å². The number of hydrogen-bond acceptors (Lipinski definition) is 1. The first kappa shape index (κ1) is 27.5. The van der Waals surface area contributed by atoms with Crippen LogP contribution < -0.4 is 5.73 Å². The summed E-state index contributed by atoms with van der Waals surface area (Å²) in [4.78, 5) is 10.3. The molecule has 0 spiro atoms. The molecule has 0 radical (unpaired) electrons. The number of fused-ring (bicyclic) bond motifs is 3. The molecule has 1 aliphatic carbocycles. The molecule has 0 heterocycles. The van der Waals surface area contributed by atoms with Crippen LogP contribution in [-0.2, 0) is 6.42 Å². The van der Waals surface area contributed by atoms with Gasteiger partial charge in [-0.2, -0.15) is 0 Å². The summed E-state index contributed by atoms with van der Waals surface area (Å²) < 4.78 is 0. The fraction of sp³-hybridized carbons (Fsp3) is 0.122.